The van der Waals surface area contributed by atoms with E-state index in [9.17, 15) is 39.6 Å². The van der Waals surface area contributed by atoms with Crippen LogP contribution in [0.3, 0.4) is 0 Å². The van der Waals surface area contributed by atoms with Crippen molar-refractivity contribution in [3.8, 4) is 58.5 Å². The molecule has 0 aliphatic rings. The van der Waals surface area contributed by atoms with Gasteiger partial charge in [-0.25, -0.2) is 0 Å². The third-order valence-corrected chi connectivity index (χ3v) is 17.4. The minimum Gasteiger partial charge on any atom is -0.481 e. The molecule has 7 aromatic heterocycles. The second-order valence-electron chi connectivity index (χ2n) is 12.6. The molecule has 0 fully saturated rings. The molecule has 7 heterocycles. The molecule has 54 heavy (non-hydrogen) atoms. The highest BCUT2D eigenvalue weighted by atomic mass is 32.1. The van der Waals surface area contributed by atoms with Crippen LogP contribution in [0.25, 0.3) is 58.5 Å². The first-order valence-electron chi connectivity index (χ1n) is 16.4. The van der Waals surface area contributed by atoms with Gasteiger partial charge in [-0.3, -0.25) is 19.2 Å². The summed E-state index contributed by atoms with van der Waals surface area (Å²) in [6.07, 6.45) is -0.417. The molecule has 0 amide bonds. The van der Waals surface area contributed by atoms with Gasteiger partial charge in [-0.2, -0.15) is 0 Å². The van der Waals surface area contributed by atoms with Crippen LogP contribution in [0.1, 0.15) is 37.6 Å². The smallest absolute Gasteiger partial charge is 0.307 e. The van der Waals surface area contributed by atoms with E-state index in [0.717, 1.165) is 85.0 Å². The summed E-state index contributed by atoms with van der Waals surface area (Å²) in [6, 6.07) is 17.7. The largest absolute Gasteiger partial charge is 0.481 e. The summed E-state index contributed by atoms with van der Waals surface area (Å²) in [6.45, 7) is 5.93. The Morgan fingerprint density at radius 1 is 0.389 bits per heavy atom. The van der Waals surface area contributed by atoms with Gasteiger partial charge in [-0.05, 0) is 103 Å². The topological polar surface area (TPSA) is 149 Å². The van der Waals surface area contributed by atoms with E-state index in [0.29, 0.717) is 11.1 Å². The van der Waals surface area contributed by atoms with Crippen LogP contribution in [-0.2, 0) is 44.9 Å². The van der Waals surface area contributed by atoms with Crippen LogP contribution in [0.2, 0.25) is 0 Å². The van der Waals surface area contributed by atoms with Gasteiger partial charge in [-0.15, -0.1) is 79.4 Å². The summed E-state index contributed by atoms with van der Waals surface area (Å²) in [5.41, 5.74) is 3.98. The molecule has 0 radical (unpaired) electrons. The van der Waals surface area contributed by atoms with Gasteiger partial charge in [0.2, 0.25) is 0 Å². The number of aliphatic carboxylic acids is 4. The van der Waals surface area contributed by atoms with E-state index in [4.69, 9.17) is 0 Å². The Kier molecular flexibility index (Phi) is 10.9. The number of carboxylic acids is 4. The predicted octanol–water partition coefficient (Wildman–Crippen LogP) is 11.6. The van der Waals surface area contributed by atoms with Crippen molar-refractivity contribution in [1.29, 1.82) is 0 Å². The Morgan fingerprint density at radius 3 is 1.11 bits per heavy atom. The Balaban J connectivity index is 1.23. The highest BCUT2D eigenvalue weighted by molar-refractivity contribution is 7.31. The zero-order valence-corrected chi connectivity index (χ0v) is 34.5. The predicted molar refractivity (Wildman–Crippen MR) is 224 cm³/mol. The van der Waals surface area contributed by atoms with Gasteiger partial charge in [0.05, 0.1) is 25.7 Å². The van der Waals surface area contributed by atoms with E-state index in [1.165, 1.54) is 45.3 Å². The van der Waals surface area contributed by atoms with Crippen molar-refractivity contribution in [1.82, 2.24) is 0 Å². The van der Waals surface area contributed by atoms with E-state index in [-0.39, 0.29) is 25.7 Å². The molecule has 7 rings (SSSR count). The SMILES string of the molecule is Cc1cc(CC(=O)O)c(-c2ccc(-c3sc(-c4cc(C)c(-c5cc(CC(=O)O)c(-c6ccc(-c7sc(C)cc7CC(=O)O)s6)s5)s4)cc3CC(=O)O)s2)s1. The molecular weight excluding hydrogens is 821 g/mol. The van der Waals surface area contributed by atoms with E-state index >= 15 is 0 Å². The van der Waals surface area contributed by atoms with E-state index in [2.05, 4.69) is 6.07 Å². The van der Waals surface area contributed by atoms with E-state index in [1.807, 2.05) is 69.3 Å². The van der Waals surface area contributed by atoms with Gasteiger partial charge < -0.3 is 20.4 Å². The first-order valence-corrected chi connectivity index (χ1v) is 22.1. The maximum absolute atomic E-state index is 12.0. The highest BCUT2D eigenvalue weighted by Gasteiger charge is 2.23. The second kappa shape index (κ2) is 15.5. The molecule has 0 atom stereocenters. The average Bonchev–Trinajstić information content (AvgIpc) is 3.91. The molecule has 8 nitrogen and oxygen atoms in total. The fourth-order valence-electron chi connectivity index (χ4n) is 6.25. The van der Waals surface area contributed by atoms with E-state index < -0.39 is 23.9 Å². The van der Waals surface area contributed by atoms with Crippen LogP contribution in [-0.4, -0.2) is 44.3 Å². The van der Waals surface area contributed by atoms with Crippen LogP contribution in [0.4, 0.5) is 0 Å². The maximum atomic E-state index is 12.0. The first kappa shape index (κ1) is 38.1. The zero-order chi connectivity index (χ0) is 38.4. The summed E-state index contributed by atoms with van der Waals surface area (Å²) in [4.78, 5) is 60.2. The minimum absolute atomic E-state index is 0.0669. The van der Waals surface area contributed by atoms with Crippen molar-refractivity contribution in [3.05, 3.63) is 92.2 Å². The summed E-state index contributed by atoms with van der Waals surface area (Å²) in [7, 11) is 0. The van der Waals surface area contributed by atoms with Gasteiger partial charge >= 0.3 is 23.9 Å². The Morgan fingerprint density at radius 2 is 0.704 bits per heavy atom. The molecule has 276 valence electrons. The normalized spacial score (nSPS) is 11.4. The molecule has 0 bridgehead atoms. The second-order valence-corrected chi connectivity index (χ2v) is 20.4. The van der Waals surface area contributed by atoms with Crippen molar-refractivity contribution in [3.63, 3.8) is 0 Å². The lowest BCUT2D eigenvalue weighted by atomic mass is 10.1. The molecule has 4 N–H and O–H groups in total. The number of thiophene rings is 7. The summed E-state index contributed by atoms with van der Waals surface area (Å²) >= 11 is 10.8. The number of carboxylic acid groups (broad SMARTS) is 4. The summed E-state index contributed by atoms with van der Waals surface area (Å²) in [5, 5.41) is 38.5. The molecule has 0 aliphatic heterocycles. The third-order valence-electron chi connectivity index (χ3n) is 8.34. The first-order chi connectivity index (χ1) is 25.7. The standard InChI is InChI=1S/C39H30O8S7/c1-17-8-28(29-11-22(15-33(44)45)38(53-29)26-6-4-24(50-26)36-20(13-31(40)41)9-18(2)48-36)52-35(17)30-12-23(16-34(46)47)39(54-30)27-7-5-25(51-27)37-21(14-32(42)43)10-19(3)49-37/h4-12H,13-16H2,1-3H3,(H,40,41)(H,42,43)(H,44,45)(H,46,47). The summed E-state index contributed by atoms with van der Waals surface area (Å²) < 4.78 is 0. The molecule has 0 spiro atoms. The van der Waals surface area contributed by atoms with Gasteiger partial charge in [-0.1, -0.05) is 0 Å². The number of carbonyl (C=O) groups is 4. The van der Waals surface area contributed by atoms with Gasteiger partial charge in [0.15, 0.2) is 0 Å². The highest BCUT2D eigenvalue weighted by Crippen LogP contribution is 2.50. The lowest BCUT2D eigenvalue weighted by Crippen LogP contribution is -1.99. The quantitative estimate of drug-likeness (QED) is 0.0845. The van der Waals surface area contributed by atoms with Crippen molar-refractivity contribution >= 4 is 103 Å². The number of hydrogen-bond acceptors (Lipinski definition) is 11. The van der Waals surface area contributed by atoms with Crippen molar-refractivity contribution in [2.45, 2.75) is 46.5 Å². The van der Waals surface area contributed by atoms with Crippen molar-refractivity contribution < 1.29 is 39.6 Å². The van der Waals surface area contributed by atoms with Crippen LogP contribution in [0, 0.1) is 20.8 Å². The monoisotopic (exact) mass is 850 g/mol. The van der Waals surface area contributed by atoms with Crippen LogP contribution < -0.4 is 0 Å². The third kappa shape index (κ3) is 8.08. The molecular formula is C39H30O8S7. The molecule has 0 saturated carbocycles. The Hall–Kier alpha value is -4.22. The molecule has 15 heteroatoms. The maximum Gasteiger partial charge on any atom is 0.307 e. The summed E-state index contributed by atoms with van der Waals surface area (Å²) in [5.74, 6) is -3.64. The number of aryl methyl sites for hydroxylation is 3. The fourth-order valence-corrected chi connectivity index (χ4v) is 14.7. The van der Waals surface area contributed by atoms with Crippen LogP contribution in [0.5, 0.6) is 0 Å². The van der Waals surface area contributed by atoms with Gasteiger partial charge in [0.1, 0.15) is 0 Å². The van der Waals surface area contributed by atoms with Crippen molar-refractivity contribution in [2.24, 2.45) is 0 Å². The Bertz CT molecular complexity index is 2580. The fraction of sp³-hybridized carbons (Fsp3) is 0.179. The minimum atomic E-state index is -0.931. The van der Waals surface area contributed by atoms with Crippen molar-refractivity contribution in [2.75, 3.05) is 0 Å². The zero-order valence-electron chi connectivity index (χ0n) is 28.8. The Labute approximate surface area is 337 Å². The number of hydrogen-bond donors (Lipinski definition) is 4. The average molecular weight is 851 g/mol. The molecule has 0 aromatic carbocycles. The lowest BCUT2D eigenvalue weighted by Gasteiger charge is -1.99. The van der Waals surface area contributed by atoms with Crippen LogP contribution in [0.15, 0.2) is 54.6 Å². The van der Waals surface area contributed by atoms with E-state index in [1.54, 1.807) is 34.0 Å². The number of rotatable bonds is 14. The molecule has 0 aliphatic carbocycles. The molecule has 0 saturated heterocycles. The molecule has 7 aromatic rings. The van der Waals surface area contributed by atoms with Gasteiger partial charge in [0, 0.05) is 68.3 Å². The van der Waals surface area contributed by atoms with Crippen LogP contribution >= 0.6 is 79.4 Å². The molecule has 0 unspecified atom stereocenters. The van der Waals surface area contributed by atoms with Gasteiger partial charge in [0.25, 0.3) is 0 Å². The lowest BCUT2D eigenvalue weighted by molar-refractivity contribution is -0.137.